The smallest absolute Gasteiger partial charge is 0.215 e. The third-order valence-electron chi connectivity index (χ3n) is 4.78. The number of hydrogen-bond acceptors (Lipinski definition) is 6. The quantitative estimate of drug-likeness (QED) is 0.341. The maximum Gasteiger partial charge on any atom is 0.215 e. The summed E-state index contributed by atoms with van der Waals surface area (Å²) < 4.78 is 41.0. The second-order valence-corrected chi connectivity index (χ2v) is 9.35. The Morgan fingerprint density at radius 3 is 2.53 bits per heavy atom. The van der Waals surface area contributed by atoms with Crippen LogP contribution >= 0.6 is 11.8 Å². The van der Waals surface area contributed by atoms with E-state index in [9.17, 15) is 0 Å². The van der Waals surface area contributed by atoms with E-state index in [1.165, 1.54) is 32.2 Å². The molecule has 1 N–H and O–H groups in total. The zero-order chi connectivity index (χ0) is 23.5. The number of nitrogens with zero attached hydrogens (tertiary/aromatic N) is 2. The van der Waals surface area contributed by atoms with E-state index in [1.54, 1.807) is 0 Å². The number of benzene rings is 2. The van der Waals surface area contributed by atoms with Gasteiger partial charge < -0.3 is 14.2 Å². The van der Waals surface area contributed by atoms with Crippen molar-refractivity contribution in [3.8, 4) is 5.75 Å². The highest BCUT2D eigenvalue weighted by Gasteiger charge is 2.26. The summed E-state index contributed by atoms with van der Waals surface area (Å²) in [5, 5.41) is 2.51. The van der Waals surface area contributed by atoms with Crippen molar-refractivity contribution in [2.24, 2.45) is 7.05 Å². The molecule has 0 amide bonds. The molecule has 0 aliphatic carbocycles. The Labute approximate surface area is 192 Å². The van der Waals surface area contributed by atoms with E-state index in [1.807, 2.05) is 11.8 Å². The minimum absolute atomic E-state index is 0.179. The SMILES string of the molecule is CCN1/C(=C/c2ccc3ccccc3[n+]2C)Sc2ccc(OC(C)C)cc21.O=S(=O)([O-])O. The molecule has 0 radical (unpaired) electrons. The van der Waals surface area contributed by atoms with Crippen molar-refractivity contribution in [3.63, 3.8) is 0 Å². The number of thioether (sulfide) groups is 1. The van der Waals surface area contributed by atoms with Crippen molar-refractivity contribution in [3.05, 3.63) is 65.3 Å². The van der Waals surface area contributed by atoms with Crippen LogP contribution in [0.3, 0.4) is 0 Å². The van der Waals surface area contributed by atoms with E-state index in [2.05, 4.69) is 98.0 Å². The van der Waals surface area contributed by atoms with Gasteiger partial charge in [-0.3, -0.25) is 4.55 Å². The highest BCUT2D eigenvalue weighted by Crippen LogP contribution is 2.47. The molecule has 0 fully saturated rings. The van der Waals surface area contributed by atoms with Crippen LogP contribution in [-0.2, 0) is 17.4 Å². The van der Waals surface area contributed by atoms with E-state index in [4.69, 9.17) is 22.3 Å². The third kappa shape index (κ3) is 6.01. The van der Waals surface area contributed by atoms with Gasteiger partial charge in [-0.25, -0.2) is 8.42 Å². The lowest BCUT2D eigenvalue weighted by molar-refractivity contribution is -0.646. The Hall–Kier alpha value is -2.59. The molecule has 9 heteroatoms. The van der Waals surface area contributed by atoms with Crippen LogP contribution in [0.4, 0.5) is 5.69 Å². The summed E-state index contributed by atoms with van der Waals surface area (Å²) >= 11 is 1.82. The maximum atomic E-state index is 8.63. The van der Waals surface area contributed by atoms with E-state index in [-0.39, 0.29) is 6.10 Å². The van der Waals surface area contributed by atoms with Crippen LogP contribution in [0.15, 0.2) is 64.5 Å². The van der Waals surface area contributed by atoms with Gasteiger partial charge in [-0.1, -0.05) is 23.9 Å². The average molecular weight is 475 g/mol. The first-order valence-electron chi connectivity index (χ1n) is 10.1. The molecule has 4 rings (SSSR count). The summed E-state index contributed by atoms with van der Waals surface area (Å²) in [7, 11) is -2.79. The Morgan fingerprint density at radius 2 is 1.88 bits per heavy atom. The zero-order valence-electron chi connectivity index (χ0n) is 18.3. The van der Waals surface area contributed by atoms with Gasteiger partial charge in [0.05, 0.1) is 16.8 Å². The highest BCUT2D eigenvalue weighted by molar-refractivity contribution is 8.03. The predicted octanol–water partition coefficient (Wildman–Crippen LogP) is 4.39. The highest BCUT2D eigenvalue weighted by atomic mass is 32.3. The number of rotatable bonds is 4. The van der Waals surface area contributed by atoms with Crippen molar-refractivity contribution in [1.82, 2.24) is 0 Å². The van der Waals surface area contributed by atoms with Gasteiger partial charge in [0.15, 0.2) is 0 Å². The van der Waals surface area contributed by atoms with Crippen molar-refractivity contribution in [1.29, 1.82) is 0 Å². The molecule has 1 aromatic heterocycles. The molecule has 0 bridgehead atoms. The normalized spacial score (nSPS) is 14.5. The fourth-order valence-electron chi connectivity index (χ4n) is 3.49. The molecule has 0 saturated carbocycles. The molecule has 2 aromatic carbocycles. The summed E-state index contributed by atoms with van der Waals surface area (Å²) in [6.07, 6.45) is 2.46. The van der Waals surface area contributed by atoms with Crippen molar-refractivity contribution < 1.29 is 26.8 Å². The Bertz CT molecular complexity index is 1250. The lowest BCUT2D eigenvalue weighted by Crippen LogP contribution is -2.33. The first-order chi connectivity index (χ1) is 15.1. The standard InChI is InChI=1S/C23H25N2OS.H2O4S/c1-5-25-21-15-19(26-16(2)3)12-13-22(21)27-23(25)14-18-11-10-17-8-6-7-9-20(17)24(18)4;1-5(2,3)4/h6-16H,5H2,1-4H3;(H2,1,2,3,4)/q+1;/p-1. The zero-order valence-corrected chi connectivity index (χ0v) is 20.0. The summed E-state index contributed by atoms with van der Waals surface area (Å²) in [4.78, 5) is 3.64. The molecule has 0 atom stereocenters. The molecule has 1 aliphatic heterocycles. The first kappa shape index (κ1) is 24.1. The number of ether oxygens (including phenoxy) is 1. The number of fused-ring (bicyclic) bond motifs is 2. The van der Waals surface area contributed by atoms with Crippen LogP contribution in [0.2, 0.25) is 0 Å². The fourth-order valence-corrected chi connectivity index (χ4v) is 4.64. The van der Waals surface area contributed by atoms with Crippen molar-refractivity contribution in [2.75, 3.05) is 11.4 Å². The van der Waals surface area contributed by atoms with Crippen LogP contribution in [-0.4, -0.2) is 30.2 Å². The molecular formula is C23H26N2O5S2. The molecular weight excluding hydrogens is 448 g/mol. The number of para-hydroxylation sites is 1. The minimum atomic E-state index is -4.92. The summed E-state index contributed by atoms with van der Waals surface area (Å²) in [6, 6.07) is 19.3. The van der Waals surface area contributed by atoms with E-state index < -0.39 is 10.4 Å². The van der Waals surface area contributed by atoms with E-state index in [0.29, 0.717) is 0 Å². The van der Waals surface area contributed by atoms with Gasteiger partial charge in [0, 0.05) is 41.1 Å². The van der Waals surface area contributed by atoms with Crippen LogP contribution < -0.4 is 14.2 Å². The molecule has 0 saturated heterocycles. The molecule has 3 aromatic rings. The van der Waals surface area contributed by atoms with Gasteiger partial charge in [-0.05, 0) is 45.0 Å². The van der Waals surface area contributed by atoms with Crippen molar-refractivity contribution >= 4 is 44.8 Å². The van der Waals surface area contributed by atoms with Crippen LogP contribution in [0, 0.1) is 0 Å². The monoisotopic (exact) mass is 474 g/mol. The Morgan fingerprint density at radius 1 is 1.19 bits per heavy atom. The molecule has 7 nitrogen and oxygen atoms in total. The summed E-state index contributed by atoms with van der Waals surface area (Å²) in [5.41, 5.74) is 3.67. The second kappa shape index (κ2) is 9.91. The van der Waals surface area contributed by atoms with Gasteiger partial charge in [0.2, 0.25) is 21.6 Å². The lowest BCUT2D eigenvalue weighted by Gasteiger charge is -2.19. The maximum absolute atomic E-state index is 8.63. The number of pyridine rings is 1. The van der Waals surface area contributed by atoms with Crippen LogP contribution in [0.1, 0.15) is 26.5 Å². The van der Waals surface area contributed by atoms with Crippen LogP contribution in [0.25, 0.3) is 17.0 Å². The minimum Gasteiger partial charge on any atom is -0.726 e. The third-order valence-corrected chi connectivity index (χ3v) is 5.89. The van der Waals surface area contributed by atoms with Crippen LogP contribution in [0.5, 0.6) is 5.75 Å². The van der Waals surface area contributed by atoms with Gasteiger partial charge in [-0.15, -0.1) is 0 Å². The molecule has 1 aliphatic rings. The average Bonchev–Trinajstić information content (AvgIpc) is 3.05. The van der Waals surface area contributed by atoms with Gasteiger partial charge in [0.25, 0.3) is 0 Å². The van der Waals surface area contributed by atoms with Gasteiger partial charge in [-0.2, -0.15) is 4.57 Å². The first-order valence-corrected chi connectivity index (χ1v) is 12.3. The Balaban J connectivity index is 0.000000523. The fraction of sp³-hybridized carbons (Fsp3) is 0.261. The predicted molar refractivity (Wildman–Crippen MR) is 127 cm³/mol. The molecule has 2 heterocycles. The summed E-state index contributed by atoms with van der Waals surface area (Å²) in [6.45, 7) is 7.24. The second-order valence-electron chi connectivity index (χ2n) is 7.43. The van der Waals surface area contributed by atoms with E-state index >= 15 is 0 Å². The molecule has 32 heavy (non-hydrogen) atoms. The van der Waals surface area contributed by atoms with Crippen molar-refractivity contribution in [2.45, 2.75) is 31.8 Å². The molecule has 0 unspecified atom stereocenters. The number of hydrogen-bond donors (Lipinski definition) is 1. The number of aromatic nitrogens is 1. The number of anilines is 1. The van der Waals surface area contributed by atoms with Gasteiger partial charge in [0.1, 0.15) is 12.8 Å². The van der Waals surface area contributed by atoms with Gasteiger partial charge >= 0.3 is 0 Å². The summed E-state index contributed by atoms with van der Waals surface area (Å²) in [5.74, 6) is 0.931. The number of aryl methyl sites for hydroxylation is 1. The molecule has 170 valence electrons. The lowest BCUT2D eigenvalue weighted by atomic mass is 10.2. The van der Waals surface area contributed by atoms with E-state index in [0.717, 1.165) is 12.3 Å². The Kier molecular flexibility index (Phi) is 7.45. The topological polar surface area (TPSA) is 93.8 Å². The largest absolute Gasteiger partial charge is 0.726 e. The molecule has 0 spiro atoms.